The molecular formula is C22H22F2N2O4. The van der Waals surface area contributed by atoms with Crippen molar-refractivity contribution in [2.45, 2.75) is 37.5 Å². The van der Waals surface area contributed by atoms with Gasteiger partial charge in [-0.3, -0.25) is 4.79 Å². The van der Waals surface area contributed by atoms with E-state index in [4.69, 9.17) is 4.74 Å². The Balaban J connectivity index is 1.67. The number of nitrogens with one attached hydrogen (secondary N) is 1. The molecule has 1 heterocycles. The second-order valence-corrected chi connectivity index (χ2v) is 7.87. The van der Waals surface area contributed by atoms with E-state index in [-0.39, 0.29) is 17.4 Å². The first kappa shape index (κ1) is 20.3. The van der Waals surface area contributed by atoms with Crippen molar-refractivity contribution in [1.29, 1.82) is 0 Å². The molecule has 0 radical (unpaired) electrons. The van der Waals surface area contributed by atoms with Crippen LogP contribution in [-0.2, 0) is 14.9 Å². The predicted molar refractivity (Wildman–Crippen MR) is 104 cm³/mol. The fraction of sp³-hybridized carbons (Fsp3) is 0.409. The highest BCUT2D eigenvalue weighted by molar-refractivity contribution is 6.00. The number of rotatable bonds is 5. The minimum Gasteiger partial charge on any atom is -0.493 e. The zero-order valence-electron chi connectivity index (χ0n) is 16.8. The number of amides is 1. The Morgan fingerprint density at radius 2 is 1.90 bits per heavy atom. The number of benzene rings is 1. The molecule has 2 fully saturated rings. The van der Waals surface area contributed by atoms with E-state index in [0.717, 1.165) is 18.9 Å². The summed E-state index contributed by atoms with van der Waals surface area (Å²) in [6.45, 7) is 0. The summed E-state index contributed by atoms with van der Waals surface area (Å²) < 4.78 is 38.0. The first-order valence-corrected chi connectivity index (χ1v) is 9.77. The van der Waals surface area contributed by atoms with Gasteiger partial charge in [0.1, 0.15) is 5.69 Å². The highest BCUT2D eigenvalue weighted by Gasteiger charge is 2.73. The molecular weight excluding hydrogens is 394 g/mol. The zero-order chi connectivity index (χ0) is 21.5. The van der Waals surface area contributed by atoms with Gasteiger partial charge in [-0.25, -0.2) is 14.2 Å². The van der Waals surface area contributed by atoms with E-state index in [1.54, 1.807) is 6.07 Å². The van der Waals surface area contributed by atoms with Crippen LogP contribution in [0.1, 0.15) is 48.2 Å². The molecule has 2 aliphatic carbocycles. The molecule has 1 aromatic carbocycles. The maximum atomic E-state index is 14.4. The van der Waals surface area contributed by atoms with Crippen LogP contribution in [-0.4, -0.2) is 31.1 Å². The molecule has 1 amide bonds. The molecule has 1 N–H and O–H groups in total. The van der Waals surface area contributed by atoms with Crippen molar-refractivity contribution >= 4 is 17.6 Å². The van der Waals surface area contributed by atoms with Crippen molar-refractivity contribution in [3.63, 3.8) is 0 Å². The Bertz CT molecular complexity index is 1030. The second kappa shape index (κ2) is 7.34. The normalized spacial score (nSPS) is 24.5. The molecule has 0 bridgehead atoms. The van der Waals surface area contributed by atoms with Crippen molar-refractivity contribution in [1.82, 2.24) is 4.98 Å². The number of hydrogen-bond donors (Lipinski definition) is 1. The number of carbonyl (C=O) groups excluding carboxylic acids is 2. The van der Waals surface area contributed by atoms with Crippen LogP contribution in [0.4, 0.5) is 14.5 Å². The number of nitrogens with zero attached hydrogens (tertiary/aromatic N) is 1. The second-order valence-electron chi connectivity index (χ2n) is 7.87. The fourth-order valence-electron chi connectivity index (χ4n) is 4.96. The molecule has 30 heavy (non-hydrogen) atoms. The van der Waals surface area contributed by atoms with Crippen LogP contribution >= 0.6 is 0 Å². The maximum absolute atomic E-state index is 14.4. The molecule has 0 spiro atoms. The number of methoxy groups -OCH3 is 2. The number of fused-ring (bicyclic) bond motifs is 1. The Morgan fingerprint density at radius 1 is 1.13 bits per heavy atom. The number of carbonyl (C=O) groups is 2. The van der Waals surface area contributed by atoms with Gasteiger partial charge >= 0.3 is 5.97 Å². The van der Waals surface area contributed by atoms with E-state index in [1.165, 1.54) is 32.5 Å². The largest absolute Gasteiger partial charge is 0.493 e. The molecule has 0 saturated heterocycles. The first-order valence-electron chi connectivity index (χ1n) is 9.77. The summed E-state index contributed by atoms with van der Waals surface area (Å²) in [4.78, 5) is 29.0. The van der Waals surface area contributed by atoms with Gasteiger partial charge in [-0.1, -0.05) is 18.9 Å². The van der Waals surface area contributed by atoms with Crippen LogP contribution in [0, 0.1) is 17.0 Å². The molecule has 0 aliphatic heterocycles. The van der Waals surface area contributed by atoms with E-state index in [2.05, 4.69) is 15.0 Å². The first-order chi connectivity index (χ1) is 14.4. The molecule has 8 heteroatoms. The van der Waals surface area contributed by atoms with Gasteiger partial charge in [-0.15, -0.1) is 0 Å². The van der Waals surface area contributed by atoms with Crippen molar-refractivity contribution in [3.05, 3.63) is 53.4 Å². The molecule has 1 aromatic heterocycles. The number of hydrogen-bond acceptors (Lipinski definition) is 5. The van der Waals surface area contributed by atoms with Gasteiger partial charge in [0.15, 0.2) is 11.6 Å². The maximum Gasteiger partial charge on any atom is 0.356 e. The minimum atomic E-state index is -1.03. The average molecular weight is 416 g/mol. The number of ether oxygens (including phenoxy) is 2. The van der Waals surface area contributed by atoms with Gasteiger partial charge in [0.2, 0.25) is 11.7 Å². The van der Waals surface area contributed by atoms with Gasteiger partial charge in [0, 0.05) is 22.9 Å². The van der Waals surface area contributed by atoms with Gasteiger partial charge in [0.25, 0.3) is 0 Å². The van der Waals surface area contributed by atoms with E-state index >= 15 is 0 Å². The number of pyridine rings is 1. The highest BCUT2D eigenvalue weighted by Crippen LogP contribution is 2.73. The number of halogens is 2. The SMILES string of the molecule is COC(=O)c1cc(NC(=O)C23CCCCC2(c2ccc(F)c(F)c2OC)C3)ccn1. The average Bonchev–Trinajstić information content (AvgIpc) is 3.47. The van der Waals surface area contributed by atoms with Gasteiger partial charge in [-0.2, -0.15) is 4.39 Å². The molecule has 2 aromatic rings. The monoisotopic (exact) mass is 416 g/mol. The zero-order valence-corrected chi connectivity index (χ0v) is 16.8. The Hall–Kier alpha value is -3.03. The number of aromatic nitrogens is 1. The van der Waals surface area contributed by atoms with Crippen LogP contribution in [0.3, 0.4) is 0 Å². The third-order valence-electron chi connectivity index (χ3n) is 6.47. The van der Waals surface area contributed by atoms with Crippen LogP contribution in [0.5, 0.6) is 5.75 Å². The summed E-state index contributed by atoms with van der Waals surface area (Å²) in [6, 6.07) is 5.65. The van der Waals surface area contributed by atoms with Crippen molar-refractivity contribution in [3.8, 4) is 5.75 Å². The van der Waals surface area contributed by atoms with E-state index in [9.17, 15) is 18.4 Å². The standard InChI is InChI=1S/C22H22F2N2O4/c1-29-18-14(5-6-15(23)17(18)24)21-8-3-4-9-22(21,12-21)20(28)26-13-7-10-25-16(11-13)19(27)30-2/h5-7,10-11H,3-4,8-9,12H2,1-2H3,(H,25,26,28). The fourth-order valence-corrected chi connectivity index (χ4v) is 4.96. The molecule has 2 unspecified atom stereocenters. The summed E-state index contributed by atoms with van der Waals surface area (Å²) in [5.74, 6) is -2.97. The van der Waals surface area contributed by atoms with Crippen molar-refractivity contribution in [2.75, 3.05) is 19.5 Å². The van der Waals surface area contributed by atoms with E-state index in [0.29, 0.717) is 30.5 Å². The Kier molecular flexibility index (Phi) is 4.95. The summed E-state index contributed by atoms with van der Waals surface area (Å²) in [7, 11) is 2.56. The third-order valence-corrected chi connectivity index (χ3v) is 6.47. The lowest BCUT2D eigenvalue weighted by Crippen LogP contribution is -2.34. The predicted octanol–water partition coefficient (Wildman–Crippen LogP) is 4.00. The topological polar surface area (TPSA) is 77.5 Å². The van der Waals surface area contributed by atoms with Gasteiger partial charge in [0.05, 0.1) is 19.6 Å². The molecule has 2 atom stereocenters. The lowest BCUT2D eigenvalue weighted by Gasteiger charge is -2.31. The number of anilines is 1. The highest BCUT2D eigenvalue weighted by atomic mass is 19.2. The molecule has 2 saturated carbocycles. The number of esters is 1. The molecule has 4 rings (SSSR count). The van der Waals surface area contributed by atoms with E-state index < -0.39 is 28.4 Å². The van der Waals surface area contributed by atoms with Crippen LogP contribution in [0.2, 0.25) is 0 Å². The van der Waals surface area contributed by atoms with Crippen LogP contribution < -0.4 is 10.1 Å². The van der Waals surface area contributed by atoms with Crippen molar-refractivity contribution in [2.24, 2.45) is 5.41 Å². The van der Waals surface area contributed by atoms with Gasteiger partial charge in [-0.05, 0) is 37.5 Å². The minimum absolute atomic E-state index is 0.0841. The molecule has 2 aliphatic rings. The molecule has 158 valence electrons. The third kappa shape index (κ3) is 2.93. The summed E-state index contributed by atoms with van der Waals surface area (Å²) in [5, 5.41) is 2.88. The van der Waals surface area contributed by atoms with Gasteiger partial charge < -0.3 is 14.8 Å². The lowest BCUT2D eigenvalue weighted by atomic mass is 9.74. The Labute approximate surface area is 172 Å². The van der Waals surface area contributed by atoms with Crippen LogP contribution in [0.15, 0.2) is 30.5 Å². The quantitative estimate of drug-likeness (QED) is 0.746. The smallest absolute Gasteiger partial charge is 0.356 e. The van der Waals surface area contributed by atoms with E-state index in [1.807, 2.05) is 0 Å². The summed E-state index contributed by atoms with van der Waals surface area (Å²) in [5.41, 5.74) is -0.303. The van der Waals surface area contributed by atoms with Crippen molar-refractivity contribution < 1.29 is 27.8 Å². The molecule has 6 nitrogen and oxygen atoms in total. The summed E-state index contributed by atoms with van der Waals surface area (Å²) >= 11 is 0. The lowest BCUT2D eigenvalue weighted by molar-refractivity contribution is -0.122. The summed E-state index contributed by atoms with van der Waals surface area (Å²) in [6.07, 6.45) is 5.02. The van der Waals surface area contributed by atoms with Crippen LogP contribution in [0.25, 0.3) is 0 Å². The Morgan fingerprint density at radius 3 is 2.63 bits per heavy atom.